The van der Waals surface area contributed by atoms with Crippen molar-refractivity contribution in [3.8, 4) is 0 Å². The number of carboxylic acid groups (broad SMARTS) is 1. The normalized spacial score (nSPS) is 32.6. The van der Waals surface area contributed by atoms with Crippen LogP contribution in [0.15, 0.2) is 0 Å². The SMILES string of the molecule is CC(CC(N)=O)NC(=O)NC1C2CCC(C2)C1C(=O)O. The highest BCUT2D eigenvalue weighted by atomic mass is 16.4. The largest absolute Gasteiger partial charge is 0.481 e. The summed E-state index contributed by atoms with van der Waals surface area (Å²) < 4.78 is 0. The number of carbonyl (C=O) groups excluding carboxylic acids is 2. The van der Waals surface area contributed by atoms with E-state index in [-0.39, 0.29) is 30.3 Å². The van der Waals surface area contributed by atoms with E-state index in [0.717, 1.165) is 19.3 Å². The summed E-state index contributed by atoms with van der Waals surface area (Å²) in [6, 6.07) is -1.11. The van der Waals surface area contributed by atoms with Crippen molar-refractivity contribution in [1.82, 2.24) is 10.6 Å². The van der Waals surface area contributed by atoms with Crippen LogP contribution in [-0.4, -0.2) is 35.1 Å². The zero-order chi connectivity index (χ0) is 14.9. The average molecular weight is 283 g/mol. The molecule has 2 bridgehead atoms. The third-order valence-electron chi connectivity index (χ3n) is 4.38. The van der Waals surface area contributed by atoms with Gasteiger partial charge >= 0.3 is 12.0 Å². The van der Waals surface area contributed by atoms with E-state index >= 15 is 0 Å². The van der Waals surface area contributed by atoms with Crippen LogP contribution in [-0.2, 0) is 9.59 Å². The number of urea groups is 1. The Bertz CT molecular complexity index is 426. The number of nitrogens with one attached hydrogen (secondary N) is 2. The highest BCUT2D eigenvalue weighted by Crippen LogP contribution is 2.48. The molecule has 5 atom stereocenters. The third-order valence-corrected chi connectivity index (χ3v) is 4.38. The first-order valence-corrected chi connectivity index (χ1v) is 6.96. The van der Waals surface area contributed by atoms with E-state index in [4.69, 9.17) is 5.73 Å². The Morgan fingerprint density at radius 3 is 2.55 bits per heavy atom. The Morgan fingerprint density at radius 1 is 1.30 bits per heavy atom. The van der Waals surface area contributed by atoms with Crippen LogP contribution in [0.5, 0.6) is 0 Å². The van der Waals surface area contributed by atoms with E-state index in [9.17, 15) is 19.5 Å². The summed E-state index contributed by atoms with van der Waals surface area (Å²) >= 11 is 0. The number of primary amides is 1. The number of hydrogen-bond acceptors (Lipinski definition) is 3. The molecule has 5 unspecified atom stereocenters. The van der Waals surface area contributed by atoms with E-state index in [2.05, 4.69) is 10.6 Å². The predicted molar refractivity (Wildman–Crippen MR) is 70.7 cm³/mol. The standard InChI is InChI=1S/C13H21N3O4/c1-6(4-9(14)17)15-13(20)16-11-8-3-2-7(5-8)10(11)12(18)19/h6-8,10-11H,2-5H2,1H3,(H2,14,17)(H,18,19)(H2,15,16,20). The topological polar surface area (TPSA) is 122 Å². The van der Waals surface area contributed by atoms with Gasteiger partial charge in [-0.1, -0.05) is 0 Å². The molecule has 0 aromatic heterocycles. The molecule has 0 heterocycles. The molecule has 0 radical (unpaired) electrons. The Balaban J connectivity index is 1.90. The van der Waals surface area contributed by atoms with Crippen LogP contribution in [0.25, 0.3) is 0 Å². The van der Waals surface area contributed by atoms with Gasteiger partial charge in [0.2, 0.25) is 5.91 Å². The molecule has 3 amide bonds. The van der Waals surface area contributed by atoms with Crippen LogP contribution in [0.1, 0.15) is 32.6 Å². The van der Waals surface area contributed by atoms with Gasteiger partial charge < -0.3 is 21.5 Å². The summed E-state index contributed by atoms with van der Waals surface area (Å²) in [7, 11) is 0. The van der Waals surface area contributed by atoms with E-state index in [1.54, 1.807) is 6.92 Å². The Morgan fingerprint density at radius 2 is 1.95 bits per heavy atom. The van der Waals surface area contributed by atoms with E-state index < -0.39 is 23.8 Å². The maximum atomic E-state index is 11.9. The summed E-state index contributed by atoms with van der Waals surface area (Å²) in [5.41, 5.74) is 5.06. The first-order valence-electron chi connectivity index (χ1n) is 6.96. The molecule has 7 heteroatoms. The van der Waals surface area contributed by atoms with Crippen LogP contribution in [0.4, 0.5) is 4.79 Å². The zero-order valence-corrected chi connectivity index (χ0v) is 11.5. The van der Waals surface area contributed by atoms with Crippen molar-refractivity contribution in [2.24, 2.45) is 23.5 Å². The molecule has 2 aliphatic rings. The van der Waals surface area contributed by atoms with Crippen LogP contribution >= 0.6 is 0 Å². The summed E-state index contributed by atoms with van der Waals surface area (Å²) in [6.07, 6.45) is 2.83. The molecule has 7 nitrogen and oxygen atoms in total. The van der Waals surface area contributed by atoms with E-state index in [0.29, 0.717) is 0 Å². The number of nitrogens with two attached hydrogens (primary N) is 1. The molecule has 0 spiro atoms. The van der Waals surface area contributed by atoms with Crippen molar-refractivity contribution < 1.29 is 19.5 Å². The lowest BCUT2D eigenvalue weighted by atomic mass is 9.84. The van der Waals surface area contributed by atoms with Crippen molar-refractivity contribution in [2.45, 2.75) is 44.7 Å². The fourth-order valence-electron chi connectivity index (χ4n) is 3.62. The van der Waals surface area contributed by atoms with Gasteiger partial charge in [-0.25, -0.2) is 4.79 Å². The molecular formula is C13H21N3O4. The van der Waals surface area contributed by atoms with Gasteiger partial charge in [0, 0.05) is 18.5 Å². The van der Waals surface area contributed by atoms with E-state index in [1.807, 2.05) is 0 Å². The molecule has 2 aliphatic carbocycles. The first kappa shape index (κ1) is 14.6. The minimum atomic E-state index is -0.840. The minimum absolute atomic E-state index is 0.0620. The van der Waals surface area contributed by atoms with Gasteiger partial charge in [-0.15, -0.1) is 0 Å². The molecule has 112 valence electrons. The van der Waals surface area contributed by atoms with Crippen molar-refractivity contribution in [3.63, 3.8) is 0 Å². The third kappa shape index (κ3) is 3.02. The molecule has 2 rings (SSSR count). The molecular weight excluding hydrogens is 262 g/mol. The van der Waals surface area contributed by atoms with E-state index in [1.165, 1.54) is 0 Å². The number of carbonyl (C=O) groups is 3. The summed E-state index contributed by atoms with van der Waals surface area (Å²) in [5.74, 6) is -1.40. The molecule has 0 aliphatic heterocycles. The predicted octanol–water partition coefficient (Wildman–Crippen LogP) is 0.0488. The monoisotopic (exact) mass is 283 g/mol. The molecule has 2 fully saturated rings. The molecule has 0 aromatic carbocycles. The fraction of sp³-hybridized carbons (Fsp3) is 0.769. The number of hydrogen-bond donors (Lipinski definition) is 4. The molecule has 2 saturated carbocycles. The van der Waals surface area contributed by atoms with Gasteiger partial charge in [0.15, 0.2) is 0 Å². The van der Waals surface area contributed by atoms with Crippen LogP contribution in [0, 0.1) is 17.8 Å². The summed E-state index contributed by atoms with van der Waals surface area (Å²) in [5, 5.41) is 14.7. The molecule has 5 N–H and O–H groups in total. The van der Waals surface area contributed by atoms with Crippen molar-refractivity contribution in [2.75, 3.05) is 0 Å². The van der Waals surface area contributed by atoms with Gasteiger partial charge in [0.05, 0.1) is 5.92 Å². The Kier molecular flexibility index (Phi) is 4.15. The molecule has 20 heavy (non-hydrogen) atoms. The highest BCUT2D eigenvalue weighted by Gasteiger charge is 2.51. The molecule has 0 saturated heterocycles. The number of fused-ring (bicyclic) bond motifs is 2. The van der Waals surface area contributed by atoms with Crippen LogP contribution < -0.4 is 16.4 Å². The maximum Gasteiger partial charge on any atom is 0.315 e. The van der Waals surface area contributed by atoms with Crippen molar-refractivity contribution in [1.29, 1.82) is 0 Å². The second-order valence-electron chi connectivity index (χ2n) is 5.91. The maximum absolute atomic E-state index is 11.9. The van der Waals surface area contributed by atoms with Crippen molar-refractivity contribution in [3.05, 3.63) is 0 Å². The first-order chi connectivity index (χ1) is 9.38. The fourth-order valence-corrected chi connectivity index (χ4v) is 3.62. The Hall–Kier alpha value is -1.79. The zero-order valence-electron chi connectivity index (χ0n) is 11.5. The van der Waals surface area contributed by atoms with Gasteiger partial charge in [0.1, 0.15) is 0 Å². The second kappa shape index (κ2) is 5.68. The van der Waals surface area contributed by atoms with Crippen LogP contribution in [0.2, 0.25) is 0 Å². The highest BCUT2D eigenvalue weighted by molar-refractivity contribution is 5.79. The lowest BCUT2D eigenvalue weighted by molar-refractivity contribution is -0.144. The second-order valence-corrected chi connectivity index (χ2v) is 5.91. The quantitative estimate of drug-likeness (QED) is 0.569. The number of rotatable bonds is 5. The minimum Gasteiger partial charge on any atom is -0.481 e. The van der Waals surface area contributed by atoms with Gasteiger partial charge in [-0.05, 0) is 38.0 Å². The van der Waals surface area contributed by atoms with Crippen LogP contribution in [0.3, 0.4) is 0 Å². The Labute approximate surface area is 117 Å². The lowest BCUT2D eigenvalue weighted by Crippen LogP contribution is -2.52. The number of aliphatic carboxylic acids is 1. The van der Waals surface area contributed by atoms with Gasteiger partial charge in [0.25, 0.3) is 0 Å². The van der Waals surface area contributed by atoms with Gasteiger partial charge in [-0.3, -0.25) is 9.59 Å². The van der Waals surface area contributed by atoms with Crippen molar-refractivity contribution >= 4 is 17.9 Å². The number of carboxylic acids is 1. The van der Waals surface area contributed by atoms with Gasteiger partial charge in [-0.2, -0.15) is 0 Å². The summed E-state index contributed by atoms with van der Waals surface area (Å²) in [4.78, 5) is 33.9. The smallest absolute Gasteiger partial charge is 0.315 e. The summed E-state index contributed by atoms with van der Waals surface area (Å²) in [6.45, 7) is 1.68. The average Bonchev–Trinajstić information content (AvgIpc) is 2.86. The number of amides is 3. The molecule has 0 aromatic rings. The lowest BCUT2D eigenvalue weighted by Gasteiger charge is -2.29.